The van der Waals surface area contributed by atoms with Crippen molar-refractivity contribution in [2.24, 2.45) is 0 Å². The molecule has 0 aliphatic heterocycles. The van der Waals surface area contributed by atoms with Gasteiger partial charge in [-0.1, -0.05) is 12.2 Å². The van der Waals surface area contributed by atoms with Gasteiger partial charge in [-0.15, -0.1) is 11.3 Å². The molecule has 0 aliphatic rings. The van der Waals surface area contributed by atoms with Crippen molar-refractivity contribution in [3.05, 3.63) is 37.2 Å². The average molecular weight is 302 g/mol. The minimum absolute atomic E-state index is 0.673. The van der Waals surface area contributed by atoms with Gasteiger partial charge in [-0.2, -0.15) is 0 Å². The second-order valence-corrected chi connectivity index (χ2v) is 5.37. The topological polar surface area (TPSA) is 41.6 Å². The van der Waals surface area contributed by atoms with Crippen LogP contribution in [-0.2, 0) is 6.42 Å². The third-order valence-electron chi connectivity index (χ3n) is 1.82. The van der Waals surface area contributed by atoms with Crippen molar-refractivity contribution in [2.75, 3.05) is 0 Å². The van der Waals surface area contributed by atoms with E-state index in [9.17, 15) is 0 Å². The molecule has 2 rings (SSSR count). The van der Waals surface area contributed by atoms with Crippen LogP contribution in [0.25, 0.3) is 0 Å². The summed E-state index contributed by atoms with van der Waals surface area (Å²) in [7, 11) is 0. The number of aryl methyl sites for hydroxylation is 1. The number of thiazole rings is 1. The summed E-state index contributed by atoms with van der Waals surface area (Å²) in [5, 5.41) is 3.11. The highest BCUT2D eigenvalue weighted by molar-refractivity contribution is 9.10. The fraction of sp³-hybridized carbons (Fsp3) is 0.222. The second-order valence-electron chi connectivity index (χ2n) is 3.04. The largest absolute Gasteiger partial charge is 0.334 e. The van der Waals surface area contributed by atoms with Gasteiger partial charge < -0.3 is 4.98 Å². The van der Waals surface area contributed by atoms with Gasteiger partial charge in [-0.3, -0.25) is 0 Å². The highest BCUT2D eigenvalue weighted by atomic mass is 79.9. The van der Waals surface area contributed by atoms with Crippen molar-refractivity contribution in [3.8, 4) is 0 Å². The standard InChI is InChI=1S/C9H8BrN3S2/c1-5-12-6(4-15-5)2-8-11-3-7(10)9(14)13-8/h3-4H,2H2,1H3,(H,11,13,14). The zero-order valence-corrected chi connectivity index (χ0v) is 11.2. The number of hydrogen-bond acceptors (Lipinski definition) is 4. The third kappa shape index (κ3) is 2.70. The monoisotopic (exact) mass is 301 g/mol. The first-order valence-corrected chi connectivity index (χ1v) is 6.38. The molecule has 3 nitrogen and oxygen atoms in total. The Kier molecular flexibility index (Phi) is 3.28. The van der Waals surface area contributed by atoms with Crippen LogP contribution in [0.15, 0.2) is 16.0 Å². The SMILES string of the molecule is Cc1nc(Cc2ncc(Br)c(=S)[nH]2)cs1. The normalized spacial score (nSPS) is 10.5. The van der Waals surface area contributed by atoms with Crippen molar-refractivity contribution in [1.82, 2.24) is 15.0 Å². The van der Waals surface area contributed by atoms with Crippen LogP contribution in [0.4, 0.5) is 0 Å². The third-order valence-corrected chi connectivity index (χ3v) is 3.83. The van der Waals surface area contributed by atoms with Crippen LogP contribution in [-0.4, -0.2) is 15.0 Å². The molecule has 0 saturated heterocycles. The van der Waals surface area contributed by atoms with Gasteiger partial charge in [0.15, 0.2) is 0 Å². The van der Waals surface area contributed by atoms with Crippen LogP contribution in [0.2, 0.25) is 0 Å². The minimum Gasteiger partial charge on any atom is -0.334 e. The number of H-pyrrole nitrogens is 1. The van der Waals surface area contributed by atoms with Gasteiger partial charge in [0, 0.05) is 18.0 Å². The molecule has 0 atom stereocenters. The maximum atomic E-state index is 5.10. The summed E-state index contributed by atoms with van der Waals surface area (Å²) < 4.78 is 1.49. The van der Waals surface area contributed by atoms with E-state index in [0.29, 0.717) is 11.1 Å². The summed E-state index contributed by atoms with van der Waals surface area (Å²) in [6.45, 7) is 1.99. The van der Waals surface area contributed by atoms with E-state index in [1.165, 1.54) is 0 Å². The van der Waals surface area contributed by atoms with Gasteiger partial charge in [0.2, 0.25) is 0 Å². The summed E-state index contributed by atoms with van der Waals surface area (Å²) in [6, 6.07) is 0. The van der Waals surface area contributed by atoms with Crippen LogP contribution in [0.1, 0.15) is 16.5 Å². The van der Waals surface area contributed by atoms with Gasteiger partial charge >= 0.3 is 0 Å². The van der Waals surface area contributed by atoms with E-state index >= 15 is 0 Å². The Balaban J connectivity index is 2.25. The molecule has 0 saturated carbocycles. The fourth-order valence-corrected chi connectivity index (χ4v) is 2.15. The van der Waals surface area contributed by atoms with E-state index in [2.05, 4.69) is 30.9 Å². The molecule has 6 heteroatoms. The van der Waals surface area contributed by atoms with Gasteiger partial charge in [0.05, 0.1) is 15.2 Å². The smallest absolute Gasteiger partial charge is 0.120 e. The number of hydrogen-bond donors (Lipinski definition) is 1. The van der Waals surface area contributed by atoms with Crippen LogP contribution in [0.3, 0.4) is 0 Å². The Morgan fingerprint density at radius 2 is 2.40 bits per heavy atom. The molecule has 1 N–H and O–H groups in total. The highest BCUT2D eigenvalue weighted by Crippen LogP contribution is 2.13. The van der Waals surface area contributed by atoms with Crippen molar-refractivity contribution in [3.63, 3.8) is 0 Å². The van der Waals surface area contributed by atoms with Crippen LogP contribution < -0.4 is 0 Å². The summed E-state index contributed by atoms with van der Waals surface area (Å²) in [5.41, 5.74) is 1.03. The van der Waals surface area contributed by atoms with Gasteiger partial charge in [0.25, 0.3) is 0 Å². The van der Waals surface area contributed by atoms with Crippen LogP contribution in [0, 0.1) is 11.6 Å². The average Bonchev–Trinajstić information content (AvgIpc) is 2.58. The van der Waals surface area contributed by atoms with Gasteiger partial charge in [0.1, 0.15) is 10.5 Å². The molecule has 0 amide bonds. The first kappa shape index (κ1) is 10.9. The number of nitrogens with one attached hydrogen (secondary N) is 1. The zero-order chi connectivity index (χ0) is 10.8. The van der Waals surface area contributed by atoms with Crippen LogP contribution in [0.5, 0.6) is 0 Å². The molecule has 78 valence electrons. The van der Waals surface area contributed by atoms with E-state index in [-0.39, 0.29) is 0 Å². The number of aromatic nitrogens is 3. The molecule has 0 aromatic carbocycles. The molecule has 2 aromatic heterocycles. The van der Waals surface area contributed by atoms with Gasteiger partial charge in [-0.05, 0) is 22.9 Å². The lowest BCUT2D eigenvalue weighted by Gasteiger charge is -1.98. The van der Waals surface area contributed by atoms with Gasteiger partial charge in [-0.25, -0.2) is 9.97 Å². The molecule has 0 spiro atoms. The first-order valence-electron chi connectivity index (χ1n) is 4.30. The molecule has 2 heterocycles. The lowest BCUT2D eigenvalue weighted by Crippen LogP contribution is -1.97. The predicted molar refractivity (Wildman–Crippen MR) is 66.8 cm³/mol. The Labute approximate surface area is 105 Å². The summed E-state index contributed by atoms with van der Waals surface area (Å²) in [5.74, 6) is 0.841. The van der Waals surface area contributed by atoms with Crippen molar-refractivity contribution in [1.29, 1.82) is 0 Å². The molecule has 0 aliphatic carbocycles. The Bertz CT molecular complexity index is 532. The Morgan fingerprint density at radius 1 is 1.60 bits per heavy atom. The summed E-state index contributed by atoms with van der Waals surface area (Å²) in [6.07, 6.45) is 2.41. The van der Waals surface area contributed by atoms with Crippen molar-refractivity contribution in [2.45, 2.75) is 13.3 Å². The van der Waals surface area contributed by atoms with E-state index in [1.807, 2.05) is 12.3 Å². The first-order chi connectivity index (χ1) is 7.15. The summed E-state index contributed by atoms with van der Waals surface area (Å²) in [4.78, 5) is 11.7. The molecule has 2 aromatic rings. The molecule has 0 fully saturated rings. The molecular weight excluding hydrogens is 294 g/mol. The van der Waals surface area contributed by atoms with Crippen molar-refractivity contribution < 1.29 is 0 Å². The lowest BCUT2D eigenvalue weighted by molar-refractivity contribution is 0.928. The highest BCUT2D eigenvalue weighted by Gasteiger charge is 2.02. The Hall–Kier alpha value is -0.590. The molecule has 0 radical (unpaired) electrons. The molecule has 0 bridgehead atoms. The van der Waals surface area contributed by atoms with E-state index < -0.39 is 0 Å². The number of aromatic amines is 1. The van der Waals surface area contributed by atoms with Crippen molar-refractivity contribution >= 4 is 39.5 Å². The molecule has 15 heavy (non-hydrogen) atoms. The lowest BCUT2D eigenvalue weighted by atomic mass is 10.3. The Morgan fingerprint density at radius 3 is 3.00 bits per heavy atom. The van der Waals surface area contributed by atoms with Crippen LogP contribution >= 0.6 is 39.5 Å². The molecular formula is C9H8BrN3S2. The predicted octanol–water partition coefficient (Wildman–Crippen LogP) is 3.26. The number of rotatable bonds is 2. The van der Waals surface area contributed by atoms with E-state index in [0.717, 1.165) is 21.0 Å². The fourth-order valence-electron chi connectivity index (χ4n) is 1.17. The minimum atomic E-state index is 0.673. The molecule has 0 unspecified atom stereocenters. The maximum Gasteiger partial charge on any atom is 0.120 e. The van der Waals surface area contributed by atoms with E-state index in [4.69, 9.17) is 12.2 Å². The zero-order valence-electron chi connectivity index (χ0n) is 7.95. The summed E-state index contributed by atoms with van der Waals surface area (Å²) >= 11 is 10.1. The van der Waals surface area contributed by atoms with E-state index in [1.54, 1.807) is 17.5 Å². The quantitative estimate of drug-likeness (QED) is 0.866. The second kappa shape index (κ2) is 4.51. The maximum absolute atomic E-state index is 5.10. The number of halogens is 1. The number of nitrogens with zero attached hydrogens (tertiary/aromatic N) is 2.